The van der Waals surface area contributed by atoms with Crippen molar-refractivity contribution in [3.05, 3.63) is 95.3 Å². The van der Waals surface area contributed by atoms with Crippen LogP contribution in [0.25, 0.3) is 0 Å². The standard InChI is InChI=1S/C26H30FNO4/c1-30-25-10-6-9-22(26(25)31-2)16-28(15-20-11-13-23(27)14-12-20)17-24(29)19-32-18-21-7-4-3-5-8-21/h3-14,24,29H,15-19H2,1-2H3/t24-/m1/s1. The molecule has 0 aliphatic rings. The molecule has 3 aromatic carbocycles. The molecule has 0 heterocycles. The van der Waals surface area contributed by atoms with E-state index in [1.807, 2.05) is 48.5 Å². The minimum Gasteiger partial charge on any atom is -0.493 e. The van der Waals surface area contributed by atoms with Crippen LogP contribution in [-0.4, -0.2) is 43.5 Å². The number of benzene rings is 3. The maximum atomic E-state index is 13.3. The van der Waals surface area contributed by atoms with Gasteiger partial charge in [0.15, 0.2) is 11.5 Å². The molecule has 170 valence electrons. The molecule has 1 N–H and O–H groups in total. The quantitative estimate of drug-likeness (QED) is 0.453. The van der Waals surface area contributed by atoms with Crippen molar-refractivity contribution in [1.82, 2.24) is 4.90 Å². The third-order valence-corrected chi connectivity index (χ3v) is 5.09. The van der Waals surface area contributed by atoms with E-state index in [0.29, 0.717) is 37.7 Å². The van der Waals surface area contributed by atoms with E-state index < -0.39 is 6.10 Å². The van der Waals surface area contributed by atoms with Gasteiger partial charge >= 0.3 is 0 Å². The summed E-state index contributed by atoms with van der Waals surface area (Å²) in [5.41, 5.74) is 2.95. The van der Waals surface area contributed by atoms with Crippen LogP contribution < -0.4 is 9.47 Å². The Bertz CT molecular complexity index is 950. The SMILES string of the molecule is COc1cccc(CN(Cc2ccc(F)cc2)C[C@@H](O)COCc2ccccc2)c1OC. The molecule has 0 spiro atoms. The van der Waals surface area contributed by atoms with E-state index in [1.54, 1.807) is 26.4 Å². The summed E-state index contributed by atoms with van der Waals surface area (Å²) in [5, 5.41) is 10.6. The van der Waals surface area contributed by atoms with Gasteiger partial charge in [-0.05, 0) is 29.3 Å². The number of rotatable bonds is 12. The molecule has 0 saturated heterocycles. The number of nitrogens with zero attached hydrogens (tertiary/aromatic N) is 1. The van der Waals surface area contributed by atoms with Crippen molar-refractivity contribution in [1.29, 1.82) is 0 Å². The Morgan fingerprint density at radius 1 is 0.844 bits per heavy atom. The second-order valence-corrected chi connectivity index (χ2v) is 7.60. The van der Waals surface area contributed by atoms with Crippen molar-refractivity contribution < 1.29 is 23.7 Å². The molecule has 6 heteroatoms. The molecule has 0 saturated carbocycles. The molecule has 5 nitrogen and oxygen atoms in total. The minimum atomic E-state index is -0.684. The number of para-hydroxylation sites is 1. The molecule has 0 aliphatic heterocycles. The van der Waals surface area contributed by atoms with Crippen LogP contribution in [0.5, 0.6) is 11.5 Å². The Kier molecular flexibility index (Phi) is 9.04. The molecule has 3 aromatic rings. The van der Waals surface area contributed by atoms with Gasteiger partial charge in [0.2, 0.25) is 0 Å². The molecule has 32 heavy (non-hydrogen) atoms. The summed E-state index contributed by atoms with van der Waals surface area (Å²) in [7, 11) is 3.21. The van der Waals surface area contributed by atoms with E-state index in [9.17, 15) is 9.50 Å². The van der Waals surface area contributed by atoms with Crippen molar-refractivity contribution in [2.45, 2.75) is 25.8 Å². The predicted molar refractivity (Wildman–Crippen MR) is 122 cm³/mol. The zero-order valence-corrected chi connectivity index (χ0v) is 18.5. The number of methoxy groups -OCH3 is 2. The van der Waals surface area contributed by atoms with Crippen LogP contribution in [0.1, 0.15) is 16.7 Å². The van der Waals surface area contributed by atoms with Crippen molar-refractivity contribution >= 4 is 0 Å². The fraction of sp³-hybridized carbons (Fsp3) is 0.308. The van der Waals surface area contributed by atoms with Crippen LogP contribution in [0.3, 0.4) is 0 Å². The molecule has 0 aromatic heterocycles. The smallest absolute Gasteiger partial charge is 0.165 e. The first-order chi connectivity index (χ1) is 15.6. The Labute approximate surface area is 189 Å². The van der Waals surface area contributed by atoms with Crippen LogP contribution in [0.4, 0.5) is 4.39 Å². The van der Waals surface area contributed by atoms with E-state index in [0.717, 1.165) is 16.7 Å². The summed E-state index contributed by atoms with van der Waals surface area (Å²) in [5.74, 6) is 1.04. The van der Waals surface area contributed by atoms with Gasteiger partial charge in [-0.25, -0.2) is 4.39 Å². The van der Waals surface area contributed by atoms with Gasteiger partial charge in [0.25, 0.3) is 0 Å². The van der Waals surface area contributed by atoms with Gasteiger partial charge in [0.1, 0.15) is 5.82 Å². The fourth-order valence-electron chi connectivity index (χ4n) is 3.59. The molecule has 0 fully saturated rings. The maximum Gasteiger partial charge on any atom is 0.165 e. The third-order valence-electron chi connectivity index (χ3n) is 5.09. The number of hydrogen-bond acceptors (Lipinski definition) is 5. The number of aliphatic hydroxyl groups is 1. The summed E-state index contributed by atoms with van der Waals surface area (Å²) in [4.78, 5) is 2.08. The van der Waals surface area contributed by atoms with E-state index in [1.165, 1.54) is 12.1 Å². The Morgan fingerprint density at radius 2 is 1.59 bits per heavy atom. The van der Waals surface area contributed by atoms with E-state index >= 15 is 0 Å². The van der Waals surface area contributed by atoms with Crippen molar-refractivity contribution in [2.24, 2.45) is 0 Å². The van der Waals surface area contributed by atoms with E-state index in [2.05, 4.69) is 4.90 Å². The summed E-state index contributed by atoms with van der Waals surface area (Å²) in [6.07, 6.45) is -0.684. The highest BCUT2D eigenvalue weighted by molar-refractivity contribution is 5.46. The lowest BCUT2D eigenvalue weighted by molar-refractivity contribution is 0.00701. The Morgan fingerprint density at radius 3 is 2.28 bits per heavy atom. The minimum absolute atomic E-state index is 0.212. The van der Waals surface area contributed by atoms with Crippen molar-refractivity contribution in [3.63, 3.8) is 0 Å². The zero-order chi connectivity index (χ0) is 22.8. The average molecular weight is 440 g/mol. The van der Waals surface area contributed by atoms with E-state index in [-0.39, 0.29) is 12.4 Å². The predicted octanol–water partition coefficient (Wildman–Crippen LogP) is 4.42. The van der Waals surface area contributed by atoms with Gasteiger partial charge in [-0.3, -0.25) is 4.90 Å². The summed E-state index contributed by atoms with van der Waals surface area (Å²) >= 11 is 0. The molecule has 0 unspecified atom stereocenters. The van der Waals surface area contributed by atoms with Gasteiger partial charge in [-0.2, -0.15) is 0 Å². The number of hydrogen-bond donors (Lipinski definition) is 1. The highest BCUT2D eigenvalue weighted by atomic mass is 19.1. The lowest BCUT2D eigenvalue weighted by Crippen LogP contribution is -2.34. The van der Waals surface area contributed by atoms with Crippen LogP contribution in [-0.2, 0) is 24.4 Å². The molecule has 3 rings (SSSR count). The lowest BCUT2D eigenvalue weighted by Gasteiger charge is -2.26. The van der Waals surface area contributed by atoms with Crippen molar-refractivity contribution in [3.8, 4) is 11.5 Å². The number of aliphatic hydroxyl groups excluding tert-OH is 1. The zero-order valence-electron chi connectivity index (χ0n) is 18.5. The molecular weight excluding hydrogens is 409 g/mol. The summed E-state index contributed by atoms with van der Waals surface area (Å²) < 4.78 is 30.0. The normalized spacial score (nSPS) is 12.0. The first-order valence-electron chi connectivity index (χ1n) is 10.6. The second-order valence-electron chi connectivity index (χ2n) is 7.60. The van der Waals surface area contributed by atoms with Gasteiger partial charge < -0.3 is 19.3 Å². The highest BCUT2D eigenvalue weighted by Gasteiger charge is 2.17. The van der Waals surface area contributed by atoms with E-state index in [4.69, 9.17) is 14.2 Å². The van der Waals surface area contributed by atoms with Gasteiger partial charge in [0.05, 0.1) is 33.5 Å². The molecular formula is C26H30FNO4. The second kappa shape index (κ2) is 12.2. The molecule has 1 atom stereocenters. The Balaban J connectivity index is 1.68. The first kappa shape index (κ1) is 23.7. The number of ether oxygens (including phenoxy) is 3. The van der Waals surface area contributed by atoms with Crippen LogP contribution in [0, 0.1) is 5.82 Å². The number of halogens is 1. The largest absolute Gasteiger partial charge is 0.493 e. The van der Waals surface area contributed by atoms with Gasteiger partial charge in [-0.1, -0.05) is 54.6 Å². The molecule has 0 amide bonds. The highest BCUT2D eigenvalue weighted by Crippen LogP contribution is 2.31. The third kappa shape index (κ3) is 7.05. The molecule has 0 aliphatic carbocycles. The molecule has 0 bridgehead atoms. The van der Waals surface area contributed by atoms with Gasteiger partial charge in [0, 0.05) is 25.2 Å². The topological polar surface area (TPSA) is 51.2 Å². The maximum absolute atomic E-state index is 13.3. The molecule has 0 radical (unpaired) electrons. The Hall–Kier alpha value is -2.93. The fourth-order valence-corrected chi connectivity index (χ4v) is 3.59. The average Bonchev–Trinajstić information content (AvgIpc) is 2.81. The van der Waals surface area contributed by atoms with Crippen LogP contribution in [0.15, 0.2) is 72.8 Å². The van der Waals surface area contributed by atoms with Gasteiger partial charge in [-0.15, -0.1) is 0 Å². The first-order valence-corrected chi connectivity index (χ1v) is 10.6. The van der Waals surface area contributed by atoms with Crippen molar-refractivity contribution in [2.75, 3.05) is 27.4 Å². The summed E-state index contributed by atoms with van der Waals surface area (Å²) in [6.45, 7) is 2.10. The summed E-state index contributed by atoms with van der Waals surface area (Å²) in [6, 6.07) is 22.0. The monoisotopic (exact) mass is 439 g/mol. The van der Waals surface area contributed by atoms with Crippen LogP contribution >= 0.6 is 0 Å². The lowest BCUT2D eigenvalue weighted by atomic mass is 10.1. The van der Waals surface area contributed by atoms with Crippen LogP contribution in [0.2, 0.25) is 0 Å².